The fourth-order valence-electron chi connectivity index (χ4n) is 7.14. The Hall–Kier alpha value is -0.380. The van der Waals surface area contributed by atoms with Crippen molar-refractivity contribution < 1.29 is 14.9 Å². The van der Waals surface area contributed by atoms with E-state index in [0.717, 1.165) is 38.5 Å². The van der Waals surface area contributed by atoms with Crippen molar-refractivity contribution in [1.29, 1.82) is 0 Å². The molecule has 0 aromatic carbocycles. The summed E-state index contributed by atoms with van der Waals surface area (Å²) in [4.78, 5) is 0. The molecule has 1 aliphatic heterocycles. The van der Waals surface area contributed by atoms with E-state index in [1.807, 2.05) is 6.08 Å². The van der Waals surface area contributed by atoms with Gasteiger partial charge in [-0.25, -0.2) is 0 Å². The van der Waals surface area contributed by atoms with Gasteiger partial charge in [-0.15, -0.1) is 6.58 Å². The monoisotopic (exact) mass is 320 g/mol. The summed E-state index contributed by atoms with van der Waals surface area (Å²) in [7, 11) is 0. The van der Waals surface area contributed by atoms with Crippen LogP contribution in [-0.4, -0.2) is 34.6 Å². The summed E-state index contributed by atoms with van der Waals surface area (Å²) in [6, 6.07) is 0. The third-order valence-corrected chi connectivity index (χ3v) is 8.23. The summed E-state index contributed by atoms with van der Waals surface area (Å²) < 4.78 is 6.34. The van der Waals surface area contributed by atoms with Crippen molar-refractivity contribution in [3.63, 3.8) is 0 Å². The zero-order valence-electron chi connectivity index (χ0n) is 14.8. The first-order valence-electron chi connectivity index (χ1n) is 9.33. The largest absolute Gasteiger partial charge is 0.396 e. The summed E-state index contributed by atoms with van der Waals surface area (Å²) in [5, 5.41) is 21.2. The molecule has 130 valence electrons. The zero-order valence-corrected chi connectivity index (χ0v) is 14.8. The number of epoxide rings is 1. The smallest absolute Gasteiger partial charge is 0.101 e. The van der Waals surface area contributed by atoms with Crippen molar-refractivity contribution in [2.75, 3.05) is 6.61 Å². The number of rotatable bonds is 2. The van der Waals surface area contributed by atoms with Gasteiger partial charge in [-0.05, 0) is 54.3 Å². The third kappa shape index (κ3) is 1.93. The van der Waals surface area contributed by atoms with Crippen LogP contribution in [0.15, 0.2) is 12.7 Å². The number of fused-ring (bicyclic) bond motifs is 2. The maximum absolute atomic E-state index is 11.1. The highest BCUT2D eigenvalue weighted by molar-refractivity contribution is 5.25. The van der Waals surface area contributed by atoms with Crippen molar-refractivity contribution in [3.05, 3.63) is 12.7 Å². The van der Waals surface area contributed by atoms with Crippen LogP contribution in [0.3, 0.4) is 0 Å². The predicted octanol–water partition coefficient (Wildman–Crippen LogP) is 3.30. The molecule has 3 heteroatoms. The molecule has 0 aromatic heterocycles. The average molecular weight is 320 g/mol. The van der Waals surface area contributed by atoms with Crippen LogP contribution in [0.4, 0.5) is 0 Å². The van der Waals surface area contributed by atoms with Crippen LogP contribution in [0.2, 0.25) is 0 Å². The second-order valence-corrected chi connectivity index (χ2v) is 9.81. The van der Waals surface area contributed by atoms with Gasteiger partial charge in [0.15, 0.2) is 0 Å². The molecule has 0 unspecified atom stereocenters. The van der Waals surface area contributed by atoms with Gasteiger partial charge in [-0.2, -0.15) is 0 Å². The number of hydrogen-bond acceptors (Lipinski definition) is 3. The molecular weight excluding hydrogens is 288 g/mol. The lowest BCUT2D eigenvalue weighted by Gasteiger charge is -2.61. The molecule has 8 atom stereocenters. The Morgan fingerprint density at radius 2 is 2.00 bits per heavy atom. The van der Waals surface area contributed by atoms with E-state index in [0.29, 0.717) is 5.92 Å². The average Bonchev–Trinajstić information content (AvgIpc) is 3.16. The minimum Gasteiger partial charge on any atom is -0.396 e. The van der Waals surface area contributed by atoms with Crippen LogP contribution in [0, 0.1) is 28.1 Å². The van der Waals surface area contributed by atoms with Crippen LogP contribution < -0.4 is 0 Å². The van der Waals surface area contributed by atoms with Gasteiger partial charge in [0, 0.05) is 12.5 Å². The van der Waals surface area contributed by atoms with E-state index in [1.165, 1.54) is 0 Å². The summed E-state index contributed by atoms with van der Waals surface area (Å²) in [6.45, 7) is 11.1. The number of ether oxygens (including phenoxy) is 1. The first-order valence-corrected chi connectivity index (χ1v) is 9.33. The number of aliphatic hydroxyl groups is 2. The quantitative estimate of drug-likeness (QED) is 0.606. The molecule has 0 bridgehead atoms. The summed E-state index contributed by atoms with van der Waals surface area (Å²) >= 11 is 0. The van der Waals surface area contributed by atoms with Crippen LogP contribution in [0.5, 0.6) is 0 Å². The molecule has 1 saturated heterocycles. The van der Waals surface area contributed by atoms with Crippen LogP contribution in [0.1, 0.15) is 59.3 Å². The van der Waals surface area contributed by atoms with E-state index in [9.17, 15) is 10.2 Å². The predicted molar refractivity (Wildman–Crippen MR) is 89.9 cm³/mol. The molecular formula is C20H32O3. The molecule has 23 heavy (non-hydrogen) atoms. The first-order chi connectivity index (χ1) is 10.7. The molecule has 0 aromatic rings. The normalized spacial score (nSPS) is 61.1. The standard InChI is InChI=1S/C20H32O3/c1-5-17(2)10-13(22)16-19(4)8-6-7-18(3,12-21)14(19)9-15-20(16,11-17)23-15/h5,13-16,21-22H,1,6-12H2,2-4H3/t13-,14-,15+,16-,17-,18-,19-,20+/m1/s1. The Labute approximate surface area is 140 Å². The molecule has 0 amide bonds. The van der Waals surface area contributed by atoms with Crippen molar-refractivity contribution in [2.45, 2.75) is 77.1 Å². The van der Waals surface area contributed by atoms with Gasteiger partial charge < -0.3 is 14.9 Å². The molecule has 0 radical (unpaired) electrons. The van der Waals surface area contributed by atoms with Crippen molar-refractivity contribution in [2.24, 2.45) is 28.1 Å². The lowest BCUT2D eigenvalue weighted by atomic mass is 9.42. The van der Waals surface area contributed by atoms with Gasteiger partial charge >= 0.3 is 0 Å². The topological polar surface area (TPSA) is 53.0 Å². The Morgan fingerprint density at radius 1 is 1.26 bits per heavy atom. The minimum absolute atomic E-state index is 0.0238. The van der Waals surface area contributed by atoms with Gasteiger partial charge in [-0.1, -0.05) is 33.3 Å². The molecule has 4 aliphatic rings. The fourth-order valence-corrected chi connectivity index (χ4v) is 7.14. The second kappa shape index (κ2) is 4.62. The third-order valence-electron chi connectivity index (χ3n) is 8.23. The van der Waals surface area contributed by atoms with Crippen LogP contribution in [0.25, 0.3) is 0 Å². The fraction of sp³-hybridized carbons (Fsp3) is 0.900. The zero-order chi connectivity index (χ0) is 16.7. The molecule has 3 aliphatic carbocycles. The maximum atomic E-state index is 11.1. The first kappa shape index (κ1) is 16.1. The number of allylic oxidation sites excluding steroid dienone is 1. The van der Waals surface area contributed by atoms with Crippen LogP contribution in [-0.2, 0) is 4.74 Å². The van der Waals surface area contributed by atoms with Crippen LogP contribution >= 0.6 is 0 Å². The summed E-state index contributed by atoms with van der Waals surface area (Å²) in [5.41, 5.74) is -0.114. The van der Waals surface area contributed by atoms with Gasteiger partial charge in [0.25, 0.3) is 0 Å². The lowest BCUT2D eigenvalue weighted by molar-refractivity contribution is -0.162. The minimum atomic E-state index is -0.328. The molecule has 1 heterocycles. The molecule has 3 nitrogen and oxygen atoms in total. The molecule has 1 spiro atoms. The van der Waals surface area contributed by atoms with Gasteiger partial charge in [-0.3, -0.25) is 0 Å². The van der Waals surface area contributed by atoms with E-state index in [2.05, 4.69) is 27.4 Å². The summed E-state index contributed by atoms with van der Waals surface area (Å²) in [6.07, 6.45) is 8.18. The molecule has 2 N–H and O–H groups in total. The molecule has 4 rings (SSSR count). The Balaban J connectivity index is 1.75. The highest BCUT2D eigenvalue weighted by atomic mass is 16.6. The van der Waals surface area contributed by atoms with E-state index in [1.54, 1.807) is 0 Å². The highest BCUT2D eigenvalue weighted by Gasteiger charge is 2.76. The number of hydrogen-bond donors (Lipinski definition) is 2. The Bertz CT molecular complexity index is 533. The number of aliphatic hydroxyl groups excluding tert-OH is 2. The van der Waals surface area contributed by atoms with Crippen molar-refractivity contribution >= 4 is 0 Å². The van der Waals surface area contributed by atoms with Gasteiger partial charge in [0.2, 0.25) is 0 Å². The highest BCUT2D eigenvalue weighted by Crippen LogP contribution is 2.72. The van der Waals surface area contributed by atoms with E-state index in [-0.39, 0.29) is 46.6 Å². The van der Waals surface area contributed by atoms with Gasteiger partial charge in [0.05, 0.1) is 12.2 Å². The molecule has 3 saturated carbocycles. The Kier molecular flexibility index (Phi) is 3.23. The maximum Gasteiger partial charge on any atom is 0.101 e. The van der Waals surface area contributed by atoms with Crippen molar-refractivity contribution in [3.8, 4) is 0 Å². The second-order valence-electron chi connectivity index (χ2n) is 9.81. The van der Waals surface area contributed by atoms with Crippen molar-refractivity contribution in [1.82, 2.24) is 0 Å². The van der Waals surface area contributed by atoms with E-state index < -0.39 is 0 Å². The Morgan fingerprint density at radius 3 is 2.65 bits per heavy atom. The van der Waals surface area contributed by atoms with E-state index in [4.69, 9.17) is 4.74 Å². The lowest BCUT2D eigenvalue weighted by Crippen LogP contribution is -2.62. The molecule has 4 fully saturated rings. The SMILES string of the molecule is C=C[C@]1(C)C[C@@H](O)[C@@H]2[C@]3(C)CCC[C@](C)(CO)[C@H]3C[C@@H]3O[C@@]32C1. The van der Waals surface area contributed by atoms with E-state index >= 15 is 0 Å². The summed E-state index contributed by atoms with van der Waals surface area (Å²) in [5.74, 6) is 0.653. The van der Waals surface area contributed by atoms with Gasteiger partial charge in [0.1, 0.15) is 5.60 Å².